The molecule has 0 aliphatic carbocycles. The van der Waals surface area contributed by atoms with E-state index in [0.29, 0.717) is 31.7 Å². The van der Waals surface area contributed by atoms with E-state index in [1.165, 1.54) is 12.1 Å². The number of carbonyl (C=O) groups excluding carboxylic acids is 2. The summed E-state index contributed by atoms with van der Waals surface area (Å²) >= 11 is 0. The minimum Gasteiger partial charge on any atom is -0.341 e. The third kappa shape index (κ3) is 4.07. The summed E-state index contributed by atoms with van der Waals surface area (Å²) in [5.74, 6) is -0.132. The van der Waals surface area contributed by atoms with Gasteiger partial charge in [-0.05, 0) is 56.9 Å². The molecule has 7 nitrogen and oxygen atoms in total. The van der Waals surface area contributed by atoms with Gasteiger partial charge in [-0.15, -0.1) is 0 Å². The lowest BCUT2D eigenvalue weighted by molar-refractivity contribution is -0.133. The van der Waals surface area contributed by atoms with Crippen LogP contribution in [-0.2, 0) is 19.6 Å². The predicted molar refractivity (Wildman–Crippen MR) is 98.2 cm³/mol. The lowest BCUT2D eigenvalue weighted by atomic mass is 10.1. The Hall–Kier alpha value is -1.93. The second-order valence-corrected chi connectivity index (χ2v) is 8.59. The molecule has 1 aromatic rings. The first-order chi connectivity index (χ1) is 12.4. The standard InChI is InChI=1S/C18H25N3O4S/c1-14(18(23)20-11-3-2-4-12-20)19-26(24,25)16-9-7-15(8-10-16)21-13-5-6-17(21)22/h7-10,14,19H,2-6,11-13H2,1H3/t14-/m1/s1. The van der Waals surface area contributed by atoms with Crippen LogP contribution >= 0.6 is 0 Å². The van der Waals surface area contributed by atoms with Gasteiger partial charge in [-0.2, -0.15) is 4.72 Å². The summed E-state index contributed by atoms with van der Waals surface area (Å²) in [6.45, 7) is 3.60. The number of benzene rings is 1. The van der Waals surface area contributed by atoms with Crippen molar-refractivity contribution in [3.63, 3.8) is 0 Å². The highest BCUT2D eigenvalue weighted by Crippen LogP contribution is 2.23. The molecule has 3 rings (SSSR count). The van der Waals surface area contributed by atoms with Crippen molar-refractivity contribution in [1.82, 2.24) is 9.62 Å². The normalized spacial score (nSPS) is 19.7. The average molecular weight is 379 g/mol. The molecule has 0 bridgehead atoms. The van der Waals surface area contributed by atoms with Gasteiger partial charge in [0, 0.05) is 31.7 Å². The SMILES string of the molecule is C[C@@H](NS(=O)(=O)c1ccc(N2CCCC2=O)cc1)C(=O)N1CCCCC1. The molecule has 0 spiro atoms. The van der Waals surface area contributed by atoms with Crippen molar-refractivity contribution in [2.24, 2.45) is 0 Å². The number of carbonyl (C=O) groups is 2. The number of hydrogen-bond acceptors (Lipinski definition) is 4. The Morgan fingerprint density at radius 1 is 1.04 bits per heavy atom. The van der Waals surface area contributed by atoms with Crippen LogP contribution in [0.2, 0.25) is 0 Å². The second-order valence-electron chi connectivity index (χ2n) is 6.87. The summed E-state index contributed by atoms with van der Waals surface area (Å²) < 4.78 is 27.6. The van der Waals surface area contributed by atoms with Crippen molar-refractivity contribution in [2.45, 2.75) is 50.0 Å². The molecule has 1 atom stereocenters. The van der Waals surface area contributed by atoms with Crippen LogP contribution in [0.3, 0.4) is 0 Å². The van der Waals surface area contributed by atoms with Crippen molar-refractivity contribution >= 4 is 27.5 Å². The number of piperidine rings is 1. The first kappa shape index (κ1) is 18.8. The molecular formula is C18H25N3O4S. The van der Waals surface area contributed by atoms with E-state index < -0.39 is 16.1 Å². The van der Waals surface area contributed by atoms with Crippen LogP contribution in [0.4, 0.5) is 5.69 Å². The molecule has 1 N–H and O–H groups in total. The van der Waals surface area contributed by atoms with Crippen LogP contribution in [0.25, 0.3) is 0 Å². The molecule has 8 heteroatoms. The maximum atomic E-state index is 12.6. The topological polar surface area (TPSA) is 86.8 Å². The van der Waals surface area contributed by atoms with E-state index in [-0.39, 0.29) is 16.7 Å². The van der Waals surface area contributed by atoms with Gasteiger partial charge < -0.3 is 9.80 Å². The lowest BCUT2D eigenvalue weighted by Crippen LogP contribution is -2.48. The van der Waals surface area contributed by atoms with Gasteiger partial charge in [-0.1, -0.05) is 0 Å². The Labute approximate surface area is 154 Å². The maximum Gasteiger partial charge on any atom is 0.241 e. The zero-order valence-corrected chi connectivity index (χ0v) is 15.8. The van der Waals surface area contributed by atoms with E-state index in [4.69, 9.17) is 0 Å². The molecular weight excluding hydrogens is 354 g/mol. The molecule has 1 aromatic carbocycles. The van der Waals surface area contributed by atoms with E-state index >= 15 is 0 Å². The zero-order chi connectivity index (χ0) is 18.7. The Morgan fingerprint density at radius 3 is 2.27 bits per heavy atom. The fourth-order valence-electron chi connectivity index (χ4n) is 3.47. The molecule has 0 unspecified atom stereocenters. The van der Waals surface area contributed by atoms with Crippen LogP contribution in [0.1, 0.15) is 39.0 Å². The van der Waals surface area contributed by atoms with Crippen molar-refractivity contribution in [3.8, 4) is 0 Å². The monoisotopic (exact) mass is 379 g/mol. The number of rotatable bonds is 5. The highest BCUT2D eigenvalue weighted by molar-refractivity contribution is 7.89. The van der Waals surface area contributed by atoms with Gasteiger partial charge >= 0.3 is 0 Å². The van der Waals surface area contributed by atoms with E-state index in [1.54, 1.807) is 28.9 Å². The zero-order valence-electron chi connectivity index (χ0n) is 15.0. The summed E-state index contributed by atoms with van der Waals surface area (Å²) in [6.07, 6.45) is 4.37. The second kappa shape index (κ2) is 7.75. The molecule has 2 aliphatic rings. The third-order valence-corrected chi connectivity index (χ3v) is 6.46. The number of sulfonamides is 1. The Bertz CT molecular complexity index is 770. The summed E-state index contributed by atoms with van der Waals surface area (Å²) in [5.41, 5.74) is 0.698. The maximum absolute atomic E-state index is 12.6. The number of nitrogens with one attached hydrogen (secondary N) is 1. The molecule has 0 aromatic heterocycles. The predicted octanol–water partition coefficient (Wildman–Crippen LogP) is 1.49. The quantitative estimate of drug-likeness (QED) is 0.840. The molecule has 142 valence electrons. The minimum atomic E-state index is -3.80. The Balaban J connectivity index is 1.67. The molecule has 0 radical (unpaired) electrons. The van der Waals surface area contributed by atoms with Gasteiger partial charge in [0.05, 0.1) is 10.9 Å². The van der Waals surface area contributed by atoms with Gasteiger partial charge in [0.1, 0.15) is 0 Å². The highest BCUT2D eigenvalue weighted by atomic mass is 32.2. The van der Waals surface area contributed by atoms with Crippen LogP contribution in [0, 0.1) is 0 Å². The van der Waals surface area contributed by atoms with Gasteiger partial charge in [0.2, 0.25) is 21.8 Å². The van der Waals surface area contributed by atoms with E-state index in [0.717, 1.165) is 25.7 Å². The molecule has 2 saturated heterocycles. The minimum absolute atomic E-state index is 0.0551. The molecule has 0 saturated carbocycles. The molecule has 2 amide bonds. The summed E-state index contributed by atoms with van der Waals surface area (Å²) in [6, 6.07) is 5.41. The molecule has 2 fully saturated rings. The smallest absolute Gasteiger partial charge is 0.241 e. The molecule has 2 heterocycles. The van der Waals surface area contributed by atoms with Gasteiger partial charge in [-0.3, -0.25) is 9.59 Å². The summed E-state index contributed by atoms with van der Waals surface area (Å²) in [5, 5.41) is 0. The molecule has 26 heavy (non-hydrogen) atoms. The van der Waals surface area contributed by atoms with Crippen LogP contribution < -0.4 is 9.62 Å². The number of amides is 2. The van der Waals surface area contributed by atoms with Crippen LogP contribution in [0.5, 0.6) is 0 Å². The van der Waals surface area contributed by atoms with Crippen LogP contribution in [0.15, 0.2) is 29.2 Å². The Morgan fingerprint density at radius 2 is 1.69 bits per heavy atom. The number of likely N-dealkylation sites (tertiary alicyclic amines) is 1. The lowest BCUT2D eigenvalue weighted by Gasteiger charge is -2.29. The largest absolute Gasteiger partial charge is 0.341 e. The van der Waals surface area contributed by atoms with Crippen molar-refractivity contribution in [1.29, 1.82) is 0 Å². The summed E-state index contributed by atoms with van der Waals surface area (Å²) in [4.78, 5) is 27.7. The average Bonchev–Trinajstić information content (AvgIpc) is 3.07. The van der Waals surface area contributed by atoms with Crippen molar-refractivity contribution < 1.29 is 18.0 Å². The van der Waals surface area contributed by atoms with E-state index in [2.05, 4.69) is 4.72 Å². The fourth-order valence-corrected chi connectivity index (χ4v) is 4.66. The fraction of sp³-hybridized carbons (Fsp3) is 0.556. The van der Waals surface area contributed by atoms with Gasteiger partial charge in [-0.25, -0.2) is 8.42 Å². The van der Waals surface area contributed by atoms with Crippen molar-refractivity contribution in [2.75, 3.05) is 24.5 Å². The summed E-state index contributed by atoms with van der Waals surface area (Å²) in [7, 11) is -3.80. The number of hydrogen-bond donors (Lipinski definition) is 1. The van der Waals surface area contributed by atoms with Gasteiger partial charge in [0.15, 0.2) is 0 Å². The first-order valence-electron chi connectivity index (χ1n) is 9.10. The Kier molecular flexibility index (Phi) is 5.62. The van der Waals surface area contributed by atoms with Crippen LogP contribution in [-0.4, -0.2) is 50.8 Å². The van der Waals surface area contributed by atoms with Gasteiger partial charge in [0.25, 0.3) is 0 Å². The molecule has 2 aliphatic heterocycles. The number of nitrogens with zero attached hydrogens (tertiary/aromatic N) is 2. The van der Waals surface area contributed by atoms with E-state index in [1.807, 2.05) is 0 Å². The van der Waals surface area contributed by atoms with E-state index in [9.17, 15) is 18.0 Å². The third-order valence-electron chi connectivity index (χ3n) is 4.90. The number of anilines is 1. The van der Waals surface area contributed by atoms with Crippen molar-refractivity contribution in [3.05, 3.63) is 24.3 Å². The first-order valence-corrected chi connectivity index (χ1v) is 10.6. The highest BCUT2D eigenvalue weighted by Gasteiger charge is 2.27.